The van der Waals surface area contributed by atoms with Crippen LogP contribution in [0, 0.1) is 5.92 Å². The average molecular weight is 125 g/mol. The van der Waals surface area contributed by atoms with Crippen LogP contribution in [0.15, 0.2) is 4.99 Å². The van der Waals surface area contributed by atoms with Gasteiger partial charge in [-0.3, -0.25) is 4.99 Å². The number of rotatable bonds is 3. The Bertz CT molecular complexity index is 112. The van der Waals surface area contributed by atoms with Crippen LogP contribution in [-0.2, 0) is 0 Å². The first kappa shape index (κ1) is 6.79. The molecule has 52 valence electrons. The minimum atomic E-state index is 0.872. The van der Waals surface area contributed by atoms with Gasteiger partial charge in [-0.2, -0.15) is 0 Å². The third kappa shape index (κ3) is 2.17. The topological polar surface area (TPSA) is 12.4 Å². The van der Waals surface area contributed by atoms with Gasteiger partial charge in [0.15, 0.2) is 0 Å². The van der Waals surface area contributed by atoms with Crippen LogP contribution < -0.4 is 0 Å². The van der Waals surface area contributed by atoms with Crippen molar-refractivity contribution in [3.63, 3.8) is 0 Å². The molecule has 0 aromatic heterocycles. The fourth-order valence-corrected chi connectivity index (χ4v) is 0.918. The predicted molar refractivity (Wildman–Crippen MR) is 41.0 cm³/mol. The average Bonchev–Trinajstić information content (AvgIpc) is 2.63. The lowest BCUT2D eigenvalue weighted by Crippen LogP contribution is -1.94. The van der Waals surface area contributed by atoms with Crippen molar-refractivity contribution >= 4 is 5.71 Å². The van der Waals surface area contributed by atoms with Gasteiger partial charge in [0.1, 0.15) is 0 Å². The van der Waals surface area contributed by atoms with E-state index in [0.29, 0.717) is 0 Å². The molecule has 1 aliphatic carbocycles. The predicted octanol–water partition coefficient (Wildman–Crippen LogP) is 2.27. The van der Waals surface area contributed by atoms with Crippen LogP contribution in [0.1, 0.15) is 33.1 Å². The smallest absolute Gasteiger partial charge is 0.0386 e. The van der Waals surface area contributed by atoms with Crippen molar-refractivity contribution in [1.82, 2.24) is 0 Å². The maximum atomic E-state index is 4.42. The van der Waals surface area contributed by atoms with Crippen LogP contribution in [-0.4, -0.2) is 12.3 Å². The second-order valence-electron chi connectivity index (χ2n) is 2.80. The third-order valence-corrected chi connectivity index (χ3v) is 1.75. The van der Waals surface area contributed by atoms with E-state index in [1.54, 1.807) is 0 Å². The minimum absolute atomic E-state index is 0.872. The van der Waals surface area contributed by atoms with Crippen molar-refractivity contribution in [2.24, 2.45) is 10.9 Å². The van der Waals surface area contributed by atoms with Gasteiger partial charge in [0.05, 0.1) is 0 Å². The molecule has 1 aliphatic rings. The van der Waals surface area contributed by atoms with Gasteiger partial charge in [0.2, 0.25) is 0 Å². The van der Waals surface area contributed by atoms with Gasteiger partial charge < -0.3 is 0 Å². The quantitative estimate of drug-likeness (QED) is 0.513. The summed E-state index contributed by atoms with van der Waals surface area (Å²) in [6, 6.07) is 0. The zero-order valence-electron chi connectivity index (χ0n) is 6.35. The summed E-state index contributed by atoms with van der Waals surface area (Å²) in [4.78, 5) is 4.42. The van der Waals surface area contributed by atoms with Crippen molar-refractivity contribution in [2.75, 3.05) is 6.54 Å². The number of nitrogens with zero attached hydrogens (tertiary/aromatic N) is 1. The molecule has 0 atom stereocenters. The van der Waals surface area contributed by atoms with Gasteiger partial charge in [0.25, 0.3) is 0 Å². The molecule has 0 saturated heterocycles. The largest absolute Gasteiger partial charge is 0.294 e. The lowest BCUT2D eigenvalue weighted by molar-refractivity contribution is 0.919. The molecule has 0 aliphatic heterocycles. The molecular formula is C8H15N. The molecule has 1 rings (SSSR count). The molecule has 0 spiro atoms. The van der Waals surface area contributed by atoms with Crippen molar-refractivity contribution in [2.45, 2.75) is 33.1 Å². The summed E-state index contributed by atoms with van der Waals surface area (Å²) in [5.41, 5.74) is 1.39. The molecule has 0 N–H and O–H groups in total. The van der Waals surface area contributed by atoms with Crippen LogP contribution >= 0.6 is 0 Å². The maximum Gasteiger partial charge on any atom is 0.0386 e. The molecule has 0 aromatic carbocycles. The van der Waals surface area contributed by atoms with Crippen molar-refractivity contribution in [1.29, 1.82) is 0 Å². The lowest BCUT2D eigenvalue weighted by Gasteiger charge is -1.93. The second kappa shape index (κ2) is 3.00. The molecule has 1 heteroatoms. The molecule has 1 fully saturated rings. The highest BCUT2D eigenvalue weighted by molar-refractivity contribution is 5.86. The Morgan fingerprint density at radius 2 is 2.22 bits per heavy atom. The highest BCUT2D eigenvalue weighted by Gasteiger charge is 2.23. The molecule has 0 unspecified atom stereocenters. The second-order valence-corrected chi connectivity index (χ2v) is 2.80. The number of hydrogen-bond donors (Lipinski definition) is 0. The zero-order chi connectivity index (χ0) is 6.69. The van der Waals surface area contributed by atoms with E-state index in [-0.39, 0.29) is 0 Å². The Morgan fingerprint density at radius 1 is 1.56 bits per heavy atom. The van der Waals surface area contributed by atoms with Gasteiger partial charge in [-0.25, -0.2) is 0 Å². The highest BCUT2D eigenvalue weighted by atomic mass is 14.7. The molecule has 0 aromatic rings. The summed E-state index contributed by atoms with van der Waals surface area (Å²) in [5, 5.41) is 0. The normalized spacial score (nSPS) is 20.4. The van der Waals surface area contributed by atoms with Crippen LogP contribution in [0.3, 0.4) is 0 Å². The van der Waals surface area contributed by atoms with Gasteiger partial charge in [-0.1, -0.05) is 6.92 Å². The Labute approximate surface area is 57.2 Å². The van der Waals surface area contributed by atoms with Crippen molar-refractivity contribution < 1.29 is 0 Å². The Balaban J connectivity index is 2.20. The van der Waals surface area contributed by atoms with Gasteiger partial charge in [-0.05, 0) is 32.1 Å². The molecule has 0 heterocycles. The molecular weight excluding hydrogens is 110 g/mol. The molecule has 1 nitrogen and oxygen atoms in total. The lowest BCUT2D eigenvalue weighted by atomic mass is 10.3. The SMILES string of the molecule is CCCN=C(C)C1CC1. The summed E-state index contributed by atoms with van der Waals surface area (Å²) in [6.07, 6.45) is 3.96. The highest BCUT2D eigenvalue weighted by Crippen LogP contribution is 2.30. The van der Waals surface area contributed by atoms with E-state index < -0.39 is 0 Å². The first-order valence-corrected chi connectivity index (χ1v) is 3.85. The van der Waals surface area contributed by atoms with E-state index in [1.165, 1.54) is 25.0 Å². The van der Waals surface area contributed by atoms with Gasteiger partial charge in [0, 0.05) is 12.3 Å². The van der Waals surface area contributed by atoms with Gasteiger partial charge in [-0.15, -0.1) is 0 Å². The van der Waals surface area contributed by atoms with Crippen LogP contribution in [0.2, 0.25) is 0 Å². The summed E-state index contributed by atoms with van der Waals surface area (Å²) in [6.45, 7) is 5.36. The van der Waals surface area contributed by atoms with Crippen molar-refractivity contribution in [3.8, 4) is 0 Å². The van der Waals surface area contributed by atoms with E-state index in [0.717, 1.165) is 12.5 Å². The fourth-order valence-electron chi connectivity index (χ4n) is 0.918. The van der Waals surface area contributed by atoms with E-state index in [2.05, 4.69) is 18.8 Å². The Kier molecular flexibility index (Phi) is 2.26. The van der Waals surface area contributed by atoms with Crippen LogP contribution in [0.4, 0.5) is 0 Å². The monoisotopic (exact) mass is 125 g/mol. The molecule has 0 bridgehead atoms. The maximum absolute atomic E-state index is 4.42. The molecule has 0 amide bonds. The number of hydrogen-bond acceptors (Lipinski definition) is 1. The Hall–Kier alpha value is -0.330. The van der Waals surface area contributed by atoms with E-state index in [4.69, 9.17) is 0 Å². The standard InChI is InChI=1S/C8H15N/c1-3-6-9-7(2)8-4-5-8/h8H,3-6H2,1-2H3. The Morgan fingerprint density at radius 3 is 2.67 bits per heavy atom. The van der Waals surface area contributed by atoms with Gasteiger partial charge >= 0.3 is 0 Å². The molecule has 1 saturated carbocycles. The van der Waals surface area contributed by atoms with Crippen LogP contribution in [0.25, 0.3) is 0 Å². The van der Waals surface area contributed by atoms with E-state index in [9.17, 15) is 0 Å². The molecule has 0 radical (unpaired) electrons. The summed E-state index contributed by atoms with van der Waals surface area (Å²) < 4.78 is 0. The first-order valence-electron chi connectivity index (χ1n) is 3.85. The fraction of sp³-hybridized carbons (Fsp3) is 0.875. The summed E-state index contributed by atoms with van der Waals surface area (Å²) in [5.74, 6) is 0.872. The first-order chi connectivity index (χ1) is 4.34. The number of aliphatic imine (C=N–C) groups is 1. The minimum Gasteiger partial charge on any atom is -0.294 e. The van der Waals surface area contributed by atoms with E-state index >= 15 is 0 Å². The summed E-state index contributed by atoms with van der Waals surface area (Å²) >= 11 is 0. The zero-order valence-corrected chi connectivity index (χ0v) is 6.35. The molecule has 9 heavy (non-hydrogen) atoms. The third-order valence-electron chi connectivity index (χ3n) is 1.75. The summed E-state index contributed by atoms with van der Waals surface area (Å²) in [7, 11) is 0. The van der Waals surface area contributed by atoms with E-state index in [1.807, 2.05) is 0 Å². The van der Waals surface area contributed by atoms with Crippen LogP contribution in [0.5, 0.6) is 0 Å². The van der Waals surface area contributed by atoms with Crippen molar-refractivity contribution in [3.05, 3.63) is 0 Å².